The third kappa shape index (κ3) is 2.70. The average Bonchev–Trinajstić information content (AvgIpc) is 3.09. The normalized spacial score (nSPS) is 18.5. The molecule has 20 heavy (non-hydrogen) atoms. The van der Waals surface area contributed by atoms with E-state index in [2.05, 4.69) is 6.07 Å². The highest BCUT2D eigenvalue weighted by Gasteiger charge is 2.32. The second-order valence-electron chi connectivity index (χ2n) is 4.36. The lowest BCUT2D eigenvalue weighted by Gasteiger charge is -2.23. The second-order valence-corrected chi connectivity index (χ2v) is 7.37. The number of hydrogen-bond donors (Lipinski definition) is 0. The highest BCUT2D eigenvalue weighted by atomic mass is 35.5. The van der Waals surface area contributed by atoms with E-state index in [1.165, 1.54) is 4.88 Å². The van der Waals surface area contributed by atoms with Gasteiger partial charge in [0.25, 0.3) is 5.91 Å². The lowest BCUT2D eigenvalue weighted by molar-refractivity contribution is 0.0762. The molecule has 0 unspecified atom stereocenters. The van der Waals surface area contributed by atoms with Crippen molar-refractivity contribution >= 4 is 52.2 Å². The largest absolute Gasteiger partial charge is 0.321 e. The smallest absolute Gasteiger partial charge is 0.256 e. The van der Waals surface area contributed by atoms with Gasteiger partial charge in [0, 0.05) is 22.2 Å². The highest BCUT2D eigenvalue weighted by Crippen LogP contribution is 2.41. The number of benzene rings is 1. The van der Waals surface area contributed by atoms with Crippen molar-refractivity contribution in [2.24, 2.45) is 0 Å². The van der Waals surface area contributed by atoms with E-state index in [9.17, 15) is 4.79 Å². The van der Waals surface area contributed by atoms with Gasteiger partial charge in [-0.25, -0.2) is 0 Å². The zero-order chi connectivity index (χ0) is 14.1. The fourth-order valence-corrected chi connectivity index (χ4v) is 4.89. The van der Waals surface area contributed by atoms with E-state index >= 15 is 0 Å². The summed E-state index contributed by atoms with van der Waals surface area (Å²) in [6.45, 7) is 0.741. The number of halogens is 2. The first kappa shape index (κ1) is 14.3. The average molecular weight is 344 g/mol. The minimum atomic E-state index is -0.0323. The van der Waals surface area contributed by atoms with Crippen molar-refractivity contribution in [1.82, 2.24) is 4.90 Å². The molecule has 1 amide bonds. The molecule has 2 heterocycles. The SMILES string of the molecule is O=C(c1ccc(Cl)cc1Cl)N1CCS[C@@H]1c1cccs1. The zero-order valence-electron chi connectivity index (χ0n) is 10.4. The topological polar surface area (TPSA) is 20.3 Å². The van der Waals surface area contributed by atoms with Crippen LogP contribution in [0.5, 0.6) is 0 Å². The summed E-state index contributed by atoms with van der Waals surface area (Å²) in [6, 6.07) is 9.08. The Morgan fingerprint density at radius 3 is 2.85 bits per heavy atom. The molecule has 1 aliphatic rings. The van der Waals surface area contributed by atoms with Gasteiger partial charge in [-0.05, 0) is 29.6 Å². The Hall–Kier alpha value is -0.680. The van der Waals surface area contributed by atoms with Crippen LogP contribution in [0.25, 0.3) is 0 Å². The van der Waals surface area contributed by atoms with Gasteiger partial charge in [0.2, 0.25) is 0 Å². The Bertz CT molecular complexity index is 630. The Kier molecular flexibility index (Phi) is 4.26. The molecule has 6 heteroatoms. The van der Waals surface area contributed by atoms with Crippen LogP contribution >= 0.6 is 46.3 Å². The number of amides is 1. The fraction of sp³-hybridized carbons (Fsp3) is 0.214. The van der Waals surface area contributed by atoms with E-state index in [0.29, 0.717) is 15.6 Å². The standard InChI is InChI=1S/C14H11Cl2NOS2/c15-9-3-4-10(11(16)8-9)13(18)17-5-7-20-14(17)12-2-1-6-19-12/h1-4,6,8,14H,5,7H2/t14-/m1/s1. The van der Waals surface area contributed by atoms with Gasteiger partial charge in [-0.3, -0.25) is 4.79 Å². The molecule has 0 spiro atoms. The third-order valence-corrected chi connectivity index (χ3v) is 5.96. The lowest BCUT2D eigenvalue weighted by atomic mass is 10.2. The van der Waals surface area contributed by atoms with Gasteiger partial charge in [0.1, 0.15) is 5.37 Å². The van der Waals surface area contributed by atoms with Crippen LogP contribution < -0.4 is 0 Å². The van der Waals surface area contributed by atoms with Crippen molar-refractivity contribution in [2.75, 3.05) is 12.3 Å². The number of rotatable bonds is 2. The van der Waals surface area contributed by atoms with E-state index < -0.39 is 0 Å². The van der Waals surface area contributed by atoms with Crippen LogP contribution in [0, 0.1) is 0 Å². The van der Waals surface area contributed by atoms with E-state index in [4.69, 9.17) is 23.2 Å². The Morgan fingerprint density at radius 1 is 1.30 bits per heavy atom. The van der Waals surface area contributed by atoms with Crippen molar-refractivity contribution in [3.05, 3.63) is 56.2 Å². The molecule has 1 aliphatic heterocycles. The van der Waals surface area contributed by atoms with Crippen LogP contribution in [0.2, 0.25) is 10.0 Å². The Balaban J connectivity index is 1.89. The van der Waals surface area contributed by atoms with Crippen molar-refractivity contribution in [1.29, 1.82) is 0 Å². The van der Waals surface area contributed by atoms with Crippen LogP contribution in [0.4, 0.5) is 0 Å². The van der Waals surface area contributed by atoms with Gasteiger partial charge in [0.15, 0.2) is 0 Å². The van der Waals surface area contributed by atoms with Gasteiger partial charge in [-0.15, -0.1) is 23.1 Å². The molecular formula is C14H11Cl2NOS2. The minimum absolute atomic E-state index is 0.0323. The molecule has 1 saturated heterocycles. The third-order valence-electron chi connectivity index (χ3n) is 3.10. The quantitative estimate of drug-likeness (QED) is 0.769. The fourth-order valence-electron chi connectivity index (χ4n) is 2.16. The molecule has 2 aromatic rings. The van der Waals surface area contributed by atoms with Gasteiger partial charge in [0.05, 0.1) is 10.6 Å². The molecular weight excluding hydrogens is 333 g/mol. The number of thiophene rings is 1. The van der Waals surface area contributed by atoms with Gasteiger partial charge < -0.3 is 4.90 Å². The summed E-state index contributed by atoms with van der Waals surface area (Å²) >= 11 is 15.5. The molecule has 0 bridgehead atoms. The van der Waals surface area contributed by atoms with Crippen molar-refractivity contribution in [3.8, 4) is 0 Å². The number of nitrogens with zero attached hydrogens (tertiary/aromatic N) is 1. The van der Waals surface area contributed by atoms with E-state index in [-0.39, 0.29) is 11.3 Å². The maximum Gasteiger partial charge on any atom is 0.256 e. The molecule has 1 aromatic carbocycles. The molecule has 0 aliphatic carbocycles. The maximum atomic E-state index is 12.7. The van der Waals surface area contributed by atoms with Crippen LogP contribution in [-0.4, -0.2) is 23.1 Å². The molecule has 0 saturated carbocycles. The molecule has 1 fully saturated rings. The number of carbonyl (C=O) groups is 1. The van der Waals surface area contributed by atoms with Gasteiger partial charge in [-0.1, -0.05) is 29.3 Å². The first-order valence-electron chi connectivity index (χ1n) is 6.08. The number of hydrogen-bond acceptors (Lipinski definition) is 3. The van der Waals surface area contributed by atoms with E-state index in [1.807, 2.05) is 16.3 Å². The molecule has 1 aromatic heterocycles. The van der Waals surface area contributed by atoms with Crippen molar-refractivity contribution in [2.45, 2.75) is 5.37 Å². The molecule has 1 atom stereocenters. The highest BCUT2D eigenvalue weighted by molar-refractivity contribution is 7.99. The second kappa shape index (κ2) is 5.98. The van der Waals surface area contributed by atoms with Crippen molar-refractivity contribution in [3.63, 3.8) is 0 Å². The van der Waals surface area contributed by atoms with Crippen LogP contribution in [-0.2, 0) is 0 Å². The summed E-state index contributed by atoms with van der Waals surface area (Å²) in [5.74, 6) is 0.912. The first-order chi connectivity index (χ1) is 9.66. The van der Waals surface area contributed by atoms with E-state index in [1.54, 1.807) is 41.3 Å². The molecule has 3 rings (SSSR count). The molecule has 2 nitrogen and oxygen atoms in total. The summed E-state index contributed by atoms with van der Waals surface area (Å²) < 4.78 is 0. The first-order valence-corrected chi connectivity index (χ1v) is 8.76. The molecule has 0 radical (unpaired) electrons. The minimum Gasteiger partial charge on any atom is -0.321 e. The summed E-state index contributed by atoms with van der Waals surface area (Å²) in [6.07, 6.45) is 0. The van der Waals surface area contributed by atoms with Crippen LogP contribution in [0.3, 0.4) is 0 Å². The van der Waals surface area contributed by atoms with E-state index in [0.717, 1.165) is 12.3 Å². The van der Waals surface area contributed by atoms with Crippen LogP contribution in [0.1, 0.15) is 20.6 Å². The summed E-state index contributed by atoms with van der Waals surface area (Å²) in [5, 5.41) is 3.07. The van der Waals surface area contributed by atoms with Crippen LogP contribution in [0.15, 0.2) is 35.7 Å². The van der Waals surface area contributed by atoms with Gasteiger partial charge >= 0.3 is 0 Å². The zero-order valence-corrected chi connectivity index (χ0v) is 13.5. The van der Waals surface area contributed by atoms with Crippen molar-refractivity contribution < 1.29 is 4.79 Å². The molecule has 0 N–H and O–H groups in total. The van der Waals surface area contributed by atoms with Gasteiger partial charge in [-0.2, -0.15) is 0 Å². The lowest BCUT2D eigenvalue weighted by Crippen LogP contribution is -2.30. The molecule has 104 valence electrons. The predicted octanol–water partition coefficient (Wildman–Crippen LogP) is 4.94. The monoisotopic (exact) mass is 343 g/mol. The Morgan fingerprint density at radius 2 is 2.15 bits per heavy atom. The Labute approximate surface area is 135 Å². The predicted molar refractivity (Wildman–Crippen MR) is 87.0 cm³/mol. The maximum absolute atomic E-state index is 12.7. The number of thioether (sulfide) groups is 1. The summed E-state index contributed by atoms with van der Waals surface area (Å²) in [7, 11) is 0. The summed E-state index contributed by atoms with van der Waals surface area (Å²) in [5.41, 5.74) is 0.514. The summed E-state index contributed by atoms with van der Waals surface area (Å²) in [4.78, 5) is 15.8. The number of carbonyl (C=O) groups excluding carboxylic acids is 1.